The zero-order valence-electron chi connectivity index (χ0n) is 14.8. The number of hydrogen-bond acceptors (Lipinski definition) is 1. The lowest BCUT2D eigenvalue weighted by Gasteiger charge is -2.02. The number of Topliss-reactive ketones (excluding diaryl/α,β-unsaturated/α-hetero) is 1. The van der Waals surface area contributed by atoms with Crippen molar-refractivity contribution in [2.45, 2.75) is 86.0 Å². The molecule has 0 N–H and O–H groups in total. The largest absolute Gasteiger partial charge is 0.300 e. The minimum absolute atomic E-state index is 0.279. The Morgan fingerprint density at radius 2 is 1.05 bits per heavy atom. The number of hydrogen-bond donors (Lipinski definition) is 0. The molecular formula is C20H34O. The summed E-state index contributed by atoms with van der Waals surface area (Å²) >= 11 is 0. The molecule has 1 heteroatoms. The van der Waals surface area contributed by atoms with Crippen molar-refractivity contribution in [3.8, 4) is 0 Å². The van der Waals surface area contributed by atoms with Crippen LogP contribution in [0.1, 0.15) is 86.0 Å². The summed E-state index contributed by atoms with van der Waals surface area (Å²) in [6.07, 6.45) is 15.6. The molecule has 0 bridgehead atoms. The van der Waals surface area contributed by atoms with Crippen LogP contribution >= 0.6 is 0 Å². The van der Waals surface area contributed by atoms with Gasteiger partial charge in [-0.05, 0) is 66.2 Å². The lowest BCUT2D eigenvalue weighted by molar-refractivity contribution is -0.116. The van der Waals surface area contributed by atoms with Crippen LogP contribution in [0, 0.1) is 0 Å². The van der Waals surface area contributed by atoms with Crippen molar-refractivity contribution in [1.29, 1.82) is 0 Å². The van der Waals surface area contributed by atoms with Crippen molar-refractivity contribution in [3.05, 3.63) is 34.9 Å². The van der Waals surface area contributed by atoms with Crippen LogP contribution in [-0.2, 0) is 4.79 Å². The first kappa shape index (κ1) is 19.9. The van der Waals surface area contributed by atoms with Crippen molar-refractivity contribution in [2.24, 2.45) is 0 Å². The number of carbonyl (C=O) groups is 1. The molecule has 21 heavy (non-hydrogen) atoms. The Labute approximate surface area is 132 Å². The van der Waals surface area contributed by atoms with Gasteiger partial charge < -0.3 is 4.79 Å². The van der Waals surface area contributed by atoms with E-state index in [0.29, 0.717) is 6.42 Å². The summed E-state index contributed by atoms with van der Waals surface area (Å²) in [5, 5.41) is 0. The second-order valence-electron chi connectivity index (χ2n) is 6.22. The number of carbonyl (C=O) groups excluding carboxylic acids is 1. The first-order chi connectivity index (χ1) is 9.95. The van der Waals surface area contributed by atoms with Gasteiger partial charge in [0.1, 0.15) is 5.78 Å². The highest BCUT2D eigenvalue weighted by Gasteiger charge is 1.94. The van der Waals surface area contributed by atoms with Crippen LogP contribution < -0.4 is 0 Å². The number of rotatable bonds is 11. The third-order valence-corrected chi connectivity index (χ3v) is 3.70. The summed E-state index contributed by atoms with van der Waals surface area (Å²) in [5.41, 5.74) is 4.42. The molecule has 0 aliphatic heterocycles. The van der Waals surface area contributed by atoms with E-state index >= 15 is 0 Å². The van der Waals surface area contributed by atoms with E-state index in [1.54, 1.807) is 6.92 Å². The summed E-state index contributed by atoms with van der Waals surface area (Å²) < 4.78 is 0. The molecule has 0 aromatic rings. The first-order valence-electron chi connectivity index (χ1n) is 8.42. The third kappa shape index (κ3) is 13.6. The lowest BCUT2D eigenvalue weighted by Crippen LogP contribution is -1.87. The molecule has 0 radical (unpaired) electrons. The van der Waals surface area contributed by atoms with E-state index < -0.39 is 0 Å². The van der Waals surface area contributed by atoms with Crippen LogP contribution in [0.15, 0.2) is 34.9 Å². The normalized spacial score (nSPS) is 13.7. The van der Waals surface area contributed by atoms with Crippen LogP contribution in [0.4, 0.5) is 0 Å². The van der Waals surface area contributed by atoms with Crippen LogP contribution in [-0.4, -0.2) is 5.78 Å². The third-order valence-electron chi connectivity index (χ3n) is 3.70. The van der Waals surface area contributed by atoms with E-state index in [9.17, 15) is 4.79 Å². The van der Waals surface area contributed by atoms with E-state index in [4.69, 9.17) is 0 Å². The molecule has 0 aliphatic rings. The summed E-state index contributed by atoms with van der Waals surface area (Å²) in [4.78, 5) is 10.9. The predicted octanol–water partition coefficient (Wildman–Crippen LogP) is 6.56. The Hall–Kier alpha value is -1.11. The number of allylic oxidation sites excluding steroid dienone is 6. The van der Waals surface area contributed by atoms with Crippen LogP contribution in [0.2, 0.25) is 0 Å². The monoisotopic (exact) mass is 290 g/mol. The molecule has 0 heterocycles. The van der Waals surface area contributed by atoms with E-state index in [1.165, 1.54) is 42.4 Å². The van der Waals surface area contributed by atoms with Crippen molar-refractivity contribution in [1.82, 2.24) is 0 Å². The van der Waals surface area contributed by atoms with Crippen LogP contribution in [0.25, 0.3) is 0 Å². The van der Waals surface area contributed by atoms with Crippen molar-refractivity contribution >= 4 is 5.78 Å². The van der Waals surface area contributed by atoms with Gasteiger partial charge >= 0.3 is 0 Å². The van der Waals surface area contributed by atoms with E-state index in [1.807, 2.05) is 0 Å². The smallest absolute Gasteiger partial charge is 0.130 e. The maximum Gasteiger partial charge on any atom is 0.130 e. The molecule has 0 amide bonds. The molecule has 0 atom stereocenters. The Morgan fingerprint density at radius 1 is 0.667 bits per heavy atom. The van der Waals surface area contributed by atoms with Crippen molar-refractivity contribution in [3.63, 3.8) is 0 Å². The molecular weight excluding hydrogens is 256 g/mol. The molecule has 0 aromatic heterocycles. The fourth-order valence-electron chi connectivity index (χ4n) is 2.31. The fraction of sp³-hybridized carbons (Fsp3) is 0.650. The summed E-state index contributed by atoms with van der Waals surface area (Å²) in [5.74, 6) is 0.279. The van der Waals surface area contributed by atoms with Gasteiger partial charge in [0.15, 0.2) is 0 Å². The summed E-state index contributed by atoms with van der Waals surface area (Å²) in [6, 6.07) is 0. The highest BCUT2D eigenvalue weighted by Crippen LogP contribution is 2.13. The molecule has 0 fully saturated rings. The van der Waals surface area contributed by atoms with Gasteiger partial charge in [0.2, 0.25) is 0 Å². The zero-order chi connectivity index (χ0) is 16.1. The predicted molar refractivity (Wildman–Crippen MR) is 94.6 cm³/mol. The van der Waals surface area contributed by atoms with Crippen molar-refractivity contribution in [2.75, 3.05) is 0 Å². The van der Waals surface area contributed by atoms with Gasteiger partial charge in [0.05, 0.1) is 0 Å². The minimum atomic E-state index is 0.279. The summed E-state index contributed by atoms with van der Waals surface area (Å²) in [7, 11) is 0. The molecule has 1 nitrogen and oxygen atoms in total. The van der Waals surface area contributed by atoms with E-state index in [0.717, 1.165) is 19.3 Å². The van der Waals surface area contributed by atoms with E-state index in [-0.39, 0.29) is 5.78 Å². The molecule has 0 saturated heterocycles. The zero-order valence-corrected chi connectivity index (χ0v) is 14.8. The van der Waals surface area contributed by atoms with Gasteiger partial charge in [-0.2, -0.15) is 0 Å². The molecule has 0 unspecified atom stereocenters. The van der Waals surface area contributed by atoms with Gasteiger partial charge in [-0.3, -0.25) is 0 Å². The molecule has 0 saturated carbocycles. The maximum absolute atomic E-state index is 10.9. The molecule has 120 valence electrons. The first-order valence-corrected chi connectivity index (χ1v) is 8.42. The second-order valence-corrected chi connectivity index (χ2v) is 6.22. The molecule has 0 spiro atoms. The summed E-state index contributed by atoms with van der Waals surface area (Å²) in [6.45, 7) is 10.5. The second kappa shape index (κ2) is 12.6. The average molecular weight is 290 g/mol. The highest BCUT2D eigenvalue weighted by molar-refractivity contribution is 5.75. The SMILES string of the molecule is CCCC(C)=CCC/C(C)=C/CC/C(C)=C\CCC(C)=O. The molecule has 0 rings (SSSR count). The van der Waals surface area contributed by atoms with Gasteiger partial charge in [-0.1, -0.05) is 48.3 Å². The minimum Gasteiger partial charge on any atom is -0.300 e. The lowest BCUT2D eigenvalue weighted by atomic mass is 10.0. The van der Waals surface area contributed by atoms with Gasteiger partial charge in [0.25, 0.3) is 0 Å². The molecule has 0 aliphatic carbocycles. The van der Waals surface area contributed by atoms with Gasteiger partial charge in [-0.25, -0.2) is 0 Å². The quantitative estimate of drug-likeness (QED) is 0.394. The van der Waals surface area contributed by atoms with Gasteiger partial charge in [-0.15, -0.1) is 0 Å². The van der Waals surface area contributed by atoms with Crippen LogP contribution in [0.5, 0.6) is 0 Å². The average Bonchev–Trinajstić information content (AvgIpc) is 2.38. The Kier molecular flexibility index (Phi) is 12.0. The Morgan fingerprint density at radius 3 is 1.43 bits per heavy atom. The van der Waals surface area contributed by atoms with E-state index in [2.05, 4.69) is 45.9 Å². The maximum atomic E-state index is 10.9. The van der Waals surface area contributed by atoms with Crippen LogP contribution in [0.3, 0.4) is 0 Å². The van der Waals surface area contributed by atoms with Gasteiger partial charge in [0, 0.05) is 6.42 Å². The topological polar surface area (TPSA) is 17.1 Å². The standard InChI is InChI=1S/C20H34O/c1-6-10-17(2)11-7-12-18(3)13-8-14-19(4)15-9-16-20(5)21/h11,13,15H,6-10,12,14,16H2,1-5H3/b17-11?,18-13+,19-15-. The Bertz CT molecular complexity index is 383. The van der Waals surface area contributed by atoms with Crippen molar-refractivity contribution < 1.29 is 4.79 Å². The number of ketones is 1. The fourth-order valence-corrected chi connectivity index (χ4v) is 2.31. The Balaban J connectivity index is 3.91. The highest BCUT2D eigenvalue weighted by atomic mass is 16.1. The molecule has 0 aromatic carbocycles.